The number of benzene rings is 2. The van der Waals surface area contributed by atoms with Crippen LogP contribution in [0.25, 0.3) is 0 Å². The molecule has 2 bridgehead atoms. The van der Waals surface area contributed by atoms with Gasteiger partial charge in [-0.2, -0.15) is 10.2 Å². The molecule has 0 spiro atoms. The minimum absolute atomic E-state index is 0.240. The van der Waals surface area contributed by atoms with Crippen LogP contribution in [0.5, 0.6) is 11.6 Å². The number of piperidine rings is 1. The normalized spacial score (nSPS) is 20.7. The van der Waals surface area contributed by atoms with Crippen molar-refractivity contribution in [1.82, 2.24) is 14.9 Å². The molecule has 196 valence electrons. The van der Waals surface area contributed by atoms with Crippen molar-refractivity contribution >= 4 is 39.4 Å². The molecule has 10 heteroatoms. The zero-order chi connectivity index (χ0) is 27.0. The summed E-state index contributed by atoms with van der Waals surface area (Å²) in [5, 5.41) is 13.3. The van der Waals surface area contributed by atoms with E-state index >= 15 is 0 Å². The van der Waals surface area contributed by atoms with Crippen molar-refractivity contribution < 1.29 is 9.53 Å². The van der Waals surface area contributed by atoms with Gasteiger partial charge in [0.1, 0.15) is 5.75 Å². The number of anilines is 1. The Hall–Kier alpha value is -3.19. The van der Waals surface area contributed by atoms with Gasteiger partial charge in [-0.05, 0) is 96.4 Å². The number of nitrogens with zero attached hydrogens (tertiary/aromatic N) is 4. The van der Waals surface area contributed by atoms with E-state index in [0.29, 0.717) is 50.3 Å². The molecule has 2 aliphatic rings. The molecule has 0 radical (unpaired) electrons. The van der Waals surface area contributed by atoms with Crippen molar-refractivity contribution in [2.24, 2.45) is 5.73 Å². The fourth-order valence-electron chi connectivity index (χ4n) is 5.62. The van der Waals surface area contributed by atoms with Crippen LogP contribution >= 0.6 is 27.5 Å². The first-order valence-corrected chi connectivity index (χ1v) is 13.7. The average Bonchev–Trinajstić information content (AvgIpc) is 3.11. The van der Waals surface area contributed by atoms with Crippen molar-refractivity contribution in [3.63, 3.8) is 0 Å². The second kappa shape index (κ2) is 10.9. The lowest BCUT2D eigenvalue weighted by molar-refractivity contribution is 0.1000. The maximum atomic E-state index is 11.5. The zero-order valence-electron chi connectivity index (χ0n) is 21.2. The van der Waals surface area contributed by atoms with Crippen molar-refractivity contribution in [2.75, 3.05) is 5.32 Å². The van der Waals surface area contributed by atoms with E-state index in [4.69, 9.17) is 22.1 Å². The van der Waals surface area contributed by atoms with Gasteiger partial charge in [0.25, 0.3) is 0 Å². The molecule has 2 atom stereocenters. The van der Waals surface area contributed by atoms with Crippen LogP contribution in [0.3, 0.4) is 0 Å². The monoisotopic (exact) mass is 594 g/mol. The summed E-state index contributed by atoms with van der Waals surface area (Å²) in [6.45, 7) is 4.58. The fraction of sp³-hybridized carbons (Fsp3) is 0.357. The fourth-order valence-corrected chi connectivity index (χ4v) is 6.14. The molecule has 2 saturated heterocycles. The van der Waals surface area contributed by atoms with Gasteiger partial charge in [-0.25, -0.2) is 4.98 Å². The molecule has 2 aliphatic heterocycles. The number of ether oxygens (including phenoxy) is 1. The molecule has 0 aliphatic carbocycles. The van der Waals surface area contributed by atoms with Crippen LogP contribution in [0.15, 0.2) is 41.0 Å². The van der Waals surface area contributed by atoms with Crippen LogP contribution < -0.4 is 15.8 Å². The van der Waals surface area contributed by atoms with Crippen molar-refractivity contribution in [3.05, 3.63) is 73.8 Å². The zero-order valence-corrected chi connectivity index (χ0v) is 23.5. The van der Waals surface area contributed by atoms with Crippen LogP contribution in [0.2, 0.25) is 5.02 Å². The SMILES string of the molecule is Cc1cc(C#N)cc(C)c1Oc1nc(NC2C[C@H]3CC[C@H](C2)N3Cc2ccc(C(N)=O)cc2Cl)ncc1Br. The lowest BCUT2D eigenvalue weighted by atomic mass is 9.96. The number of rotatable bonds is 7. The van der Waals surface area contributed by atoms with Gasteiger partial charge >= 0.3 is 0 Å². The van der Waals surface area contributed by atoms with E-state index in [1.165, 1.54) is 0 Å². The smallest absolute Gasteiger partial charge is 0.248 e. The number of hydrogen-bond acceptors (Lipinski definition) is 7. The van der Waals surface area contributed by atoms with Gasteiger partial charge in [0.15, 0.2) is 0 Å². The van der Waals surface area contributed by atoms with Gasteiger partial charge in [-0.15, -0.1) is 0 Å². The first-order valence-electron chi connectivity index (χ1n) is 12.5. The standard InChI is InChI=1S/C28H28BrClN6O2/c1-15-7-17(12-31)8-16(2)25(15)38-27-23(29)13-33-28(35-27)34-20-10-21-5-6-22(11-20)36(21)14-19-4-3-18(26(32)37)9-24(19)30/h3-4,7-9,13,20-22H,5-6,10-11,14H2,1-2H3,(H2,32,37)(H,33,34,35)/t21-,22-/m1/s1. The third-order valence-electron chi connectivity index (χ3n) is 7.41. The number of aromatic nitrogens is 2. The molecule has 1 amide bonds. The number of halogens is 2. The molecule has 1 aromatic heterocycles. The summed E-state index contributed by atoms with van der Waals surface area (Å²) in [6.07, 6.45) is 5.90. The number of carbonyl (C=O) groups is 1. The summed E-state index contributed by atoms with van der Waals surface area (Å²) in [6, 6.07) is 12.2. The summed E-state index contributed by atoms with van der Waals surface area (Å²) < 4.78 is 6.83. The van der Waals surface area contributed by atoms with Crippen molar-refractivity contribution in [3.8, 4) is 17.7 Å². The third kappa shape index (κ3) is 5.48. The summed E-state index contributed by atoms with van der Waals surface area (Å²) in [5.74, 6) is 1.16. The summed E-state index contributed by atoms with van der Waals surface area (Å²) in [7, 11) is 0. The maximum Gasteiger partial charge on any atom is 0.248 e. The van der Waals surface area contributed by atoms with Crippen LogP contribution in [-0.4, -0.2) is 38.9 Å². The molecular formula is C28H28BrClN6O2. The highest BCUT2D eigenvalue weighted by Crippen LogP contribution is 2.39. The number of fused-ring (bicyclic) bond motifs is 2. The Labute approximate surface area is 235 Å². The number of nitriles is 1. The summed E-state index contributed by atoms with van der Waals surface area (Å²) in [5.41, 5.74) is 9.15. The first-order chi connectivity index (χ1) is 18.2. The Kier molecular flexibility index (Phi) is 7.57. The minimum atomic E-state index is -0.476. The number of nitrogens with two attached hydrogens (primary N) is 1. The van der Waals surface area contributed by atoms with Crippen LogP contribution in [0, 0.1) is 25.2 Å². The van der Waals surface area contributed by atoms with E-state index in [1.54, 1.807) is 30.5 Å². The van der Waals surface area contributed by atoms with E-state index in [0.717, 1.165) is 48.9 Å². The molecule has 0 saturated carbocycles. The van der Waals surface area contributed by atoms with E-state index in [-0.39, 0.29) is 6.04 Å². The number of amides is 1. The van der Waals surface area contributed by atoms with Crippen molar-refractivity contribution in [1.29, 1.82) is 5.26 Å². The van der Waals surface area contributed by atoms with Gasteiger partial charge in [0.05, 0.1) is 22.3 Å². The Morgan fingerprint density at radius 3 is 2.53 bits per heavy atom. The highest BCUT2D eigenvalue weighted by Gasteiger charge is 2.41. The number of nitrogens with one attached hydrogen (secondary N) is 1. The predicted molar refractivity (Wildman–Crippen MR) is 149 cm³/mol. The quantitative estimate of drug-likeness (QED) is 0.350. The highest BCUT2D eigenvalue weighted by atomic mass is 79.9. The molecule has 3 N–H and O–H groups in total. The number of primary amides is 1. The van der Waals surface area contributed by atoms with E-state index in [9.17, 15) is 10.1 Å². The van der Waals surface area contributed by atoms with Gasteiger partial charge in [-0.3, -0.25) is 9.69 Å². The van der Waals surface area contributed by atoms with Gasteiger partial charge in [0.2, 0.25) is 17.7 Å². The maximum absolute atomic E-state index is 11.5. The Morgan fingerprint density at radius 1 is 1.24 bits per heavy atom. The summed E-state index contributed by atoms with van der Waals surface area (Å²) >= 11 is 9.98. The Morgan fingerprint density at radius 2 is 1.92 bits per heavy atom. The minimum Gasteiger partial charge on any atom is -0.437 e. The number of carbonyl (C=O) groups excluding carboxylic acids is 1. The summed E-state index contributed by atoms with van der Waals surface area (Å²) in [4.78, 5) is 23.1. The topological polar surface area (TPSA) is 117 Å². The molecule has 8 nitrogen and oxygen atoms in total. The second-order valence-corrected chi connectivity index (χ2v) is 11.3. The van der Waals surface area contributed by atoms with E-state index in [1.807, 2.05) is 19.9 Å². The molecule has 3 heterocycles. The molecule has 5 rings (SSSR count). The molecule has 38 heavy (non-hydrogen) atoms. The average molecular weight is 596 g/mol. The van der Waals surface area contributed by atoms with Gasteiger partial charge in [0, 0.05) is 35.3 Å². The van der Waals surface area contributed by atoms with Gasteiger partial charge in [-0.1, -0.05) is 17.7 Å². The predicted octanol–water partition coefficient (Wildman–Crippen LogP) is 5.88. The van der Waals surface area contributed by atoms with Crippen LogP contribution in [-0.2, 0) is 6.54 Å². The molecule has 2 aromatic carbocycles. The Bertz CT molecular complexity index is 1400. The molecular weight excluding hydrogens is 568 g/mol. The number of aryl methyl sites for hydroxylation is 2. The molecule has 0 unspecified atom stereocenters. The molecule has 3 aromatic rings. The Balaban J connectivity index is 1.26. The first kappa shape index (κ1) is 26.4. The second-order valence-electron chi connectivity index (χ2n) is 10.0. The lowest BCUT2D eigenvalue weighted by Crippen LogP contribution is -2.46. The van der Waals surface area contributed by atoms with Gasteiger partial charge < -0.3 is 15.8 Å². The van der Waals surface area contributed by atoms with E-state index < -0.39 is 5.91 Å². The van der Waals surface area contributed by atoms with Crippen molar-refractivity contribution in [2.45, 2.75) is 64.2 Å². The van der Waals surface area contributed by atoms with Crippen LogP contribution in [0.1, 0.15) is 58.3 Å². The van der Waals surface area contributed by atoms with Crippen LogP contribution in [0.4, 0.5) is 5.95 Å². The highest BCUT2D eigenvalue weighted by molar-refractivity contribution is 9.10. The van der Waals surface area contributed by atoms with E-state index in [2.05, 4.69) is 42.2 Å². The largest absolute Gasteiger partial charge is 0.437 e. The third-order valence-corrected chi connectivity index (χ3v) is 8.30. The molecule has 2 fully saturated rings. The lowest BCUT2D eigenvalue weighted by Gasteiger charge is -2.39. The number of hydrogen-bond donors (Lipinski definition) is 2.